The van der Waals surface area contributed by atoms with E-state index >= 15 is 0 Å². The highest BCUT2D eigenvalue weighted by molar-refractivity contribution is 6.34. The fraction of sp³-hybridized carbons (Fsp3) is 0.278. The minimum atomic E-state index is -1.06. The van der Waals surface area contributed by atoms with Crippen molar-refractivity contribution in [3.05, 3.63) is 53.2 Å². The minimum Gasteiger partial charge on any atom is -0.480 e. The van der Waals surface area contributed by atoms with Crippen LogP contribution in [0.4, 0.5) is 0 Å². The topological polar surface area (TPSA) is 79.3 Å². The standard InChI is InChI=1S/C18H19ClN2O3/c1-3-11(2)16(18(23)24)21-17(22)13-10-12(7-8-14(13)19)15-6-4-5-9-20-15/h4-11,16H,3H2,1-2H3,(H,21,22)(H,23,24)/t11-,16-/m0/s1. The van der Waals surface area contributed by atoms with Gasteiger partial charge in [-0.15, -0.1) is 0 Å². The number of carboxylic acid groups (broad SMARTS) is 1. The number of carbonyl (C=O) groups is 2. The molecule has 0 spiro atoms. The first kappa shape index (κ1) is 17.9. The number of halogens is 1. The Morgan fingerprint density at radius 3 is 2.62 bits per heavy atom. The maximum Gasteiger partial charge on any atom is 0.326 e. The molecular weight excluding hydrogens is 328 g/mol. The summed E-state index contributed by atoms with van der Waals surface area (Å²) in [7, 11) is 0. The molecule has 2 aromatic rings. The third kappa shape index (κ3) is 4.11. The summed E-state index contributed by atoms with van der Waals surface area (Å²) in [5.74, 6) is -1.76. The third-order valence-electron chi connectivity index (χ3n) is 3.94. The number of carboxylic acids is 1. The van der Waals surface area contributed by atoms with Crippen molar-refractivity contribution >= 4 is 23.5 Å². The molecular formula is C18H19ClN2O3. The summed E-state index contributed by atoms with van der Waals surface area (Å²) >= 11 is 6.13. The highest BCUT2D eigenvalue weighted by atomic mass is 35.5. The summed E-state index contributed by atoms with van der Waals surface area (Å²) in [6, 6.07) is 9.51. The second-order valence-electron chi connectivity index (χ2n) is 5.58. The van der Waals surface area contributed by atoms with Gasteiger partial charge in [0.15, 0.2) is 0 Å². The number of nitrogens with zero attached hydrogens (tertiary/aromatic N) is 1. The molecule has 0 radical (unpaired) electrons. The monoisotopic (exact) mass is 346 g/mol. The maximum absolute atomic E-state index is 12.5. The van der Waals surface area contributed by atoms with Crippen LogP contribution in [0.2, 0.25) is 5.02 Å². The Bertz CT molecular complexity index is 734. The van der Waals surface area contributed by atoms with Crippen molar-refractivity contribution in [1.82, 2.24) is 10.3 Å². The van der Waals surface area contributed by atoms with E-state index in [9.17, 15) is 14.7 Å². The van der Waals surface area contributed by atoms with Gasteiger partial charge in [-0.25, -0.2) is 4.79 Å². The molecule has 0 aliphatic heterocycles. The van der Waals surface area contributed by atoms with Crippen LogP contribution in [0.5, 0.6) is 0 Å². The van der Waals surface area contributed by atoms with Gasteiger partial charge in [0.2, 0.25) is 0 Å². The molecule has 0 saturated carbocycles. The summed E-state index contributed by atoms with van der Waals surface area (Å²) in [5, 5.41) is 12.1. The van der Waals surface area contributed by atoms with Crippen LogP contribution in [0, 0.1) is 5.92 Å². The van der Waals surface area contributed by atoms with E-state index in [2.05, 4.69) is 10.3 Å². The van der Waals surface area contributed by atoms with E-state index in [1.54, 1.807) is 37.4 Å². The molecule has 0 saturated heterocycles. The summed E-state index contributed by atoms with van der Waals surface area (Å²) in [6.45, 7) is 3.66. The van der Waals surface area contributed by atoms with Gasteiger partial charge in [0.25, 0.3) is 5.91 Å². The average Bonchev–Trinajstić information content (AvgIpc) is 2.59. The molecule has 24 heavy (non-hydrogen) atoms. The molecule has 1 aromatic carbocycles. The largest absolute Gasteiger partial charge is 0.480 e. The molecule has 126 valence electrons. The maximum atomic E-state index is 12.5. The van der Waals surface area contributed by atoms with Crippen LogP contribution in [0.15, 0.2) is 42.6 Å². The fourth-order valence-electron chi connectivity index (χ4n) is 2.29. The van der Waals surface area contributed by atoms with Gasteiger partial charge in [0, 0.05) is 11.8 Å². The second kappa shape index (κ2) is 7.93. The van der Waals surface area contributed by atoms with E-state index in [0.29, 0.717) is 12.1 Å². The zero-order valence-electron chi connectivity index (χ0n) is 13.5. The van der Waals surface area contributed by atoms with Gasteiger partial charge in [-0.3, -0.25) is 9.78 Å². The number of aromatic nitrogens is 1. The van der Waals surface area contributed by atoms with E-state index in [1.165, 1.54) is 0 Å². The first-order valence-corrected chi connectivity index (χ1v) is 8.06. The molecule has 2 N–H and O–H groups in total. The second-order valence-corrected chi connectivity index (χ2v) is 5.99. The Balaban J connectivity index is 2.30. The Hall–Kier alpha value is -2.40. The van der Waals surface area contributed by atoms with Crippen molar-refractivity contribution in [1.29, 1.82) is 0 Å². The van der Waals surface area contributed by atoms with Crippen molar-refractivity contribution in [2.75, 3.05) is 0 Å². The molecule has 1 amide bonds. The summed E-state index contributed by atoms with van der Waals surface area (Å²) in [6.07, 6.45) is 2.30. The van der Waals surface area contributed by atoms with Crippen LogP contribution in [0.25, 0.3) is 11.3 Å². The van der Waals surface area contributed by atoms with Crippen molar-refractivity contribution in [3.8, 4) is 11.3 Å². The Labute approximate surface area is 145 Å². The summed E-state index contributed by atoms with van der Waals surface area (Å²) in [4.78, 5) is 28.1. The van der Waals surface area contributed by atoms with E-state index in [-0.39, 0.29) is 16.5 Å². The Kier molecular flexibility index (Phi) is 5.93. The predicted molar refractivity (Wildman–Crippen MR) is 93.0 cm³/mol. The number of rotatable bonds is 6. The summed E-state index contributed by atoms with van der Waals surface area (Å²) < 4.78 is 0. The first-order valence-electron chi connectivity index (χ1n) is 7.68. The first-order chi connectivity index (χ1) is 11.4. The number of hydrogen-bond acceptors (Lipinski definition) is 3. The molecule has 6 heteroatoms. The average molecular weight is 347 g/mol. The number of nitrogens with one attached hydrogen (secondary N) is 1. The predicted octanol–water partition coefficient (Wildman–Crippen LogP) is 3.63. The minimum absolute atomic E-state index is 0.191. The molecule has 0 bridgehead atoms. The van der Waals surface area contributed by atoms with E-state index in [1.807, 2.05) is 19.1 Å². The number of hydrogen-bond donors (Lipinski definition) is 2. The highest BCUT2D eigenvalue weighted by Gasteiger charge is 2.26. The van der Waals surface area contributed by atoms with Gasteiger partial charge in [0.05, 0.1) is 16.3 Å². The van der Waals surface area contributed by atoms with Crippen LogP contribution in [0.1, 0.15) is 30.6 Å². The van der Waals surface area contributed by atoms with Gasteiger partial charge in [-0.1, -0.05) is 44.0 Å². The van der Waals surface area contributed by atoms with Crippen LogP contribution in [-0.2, 0) is 4.79 Å². The molecule has 2 atom stereocenters. The molecule has 1 aromatic heterocycles. The van der Waals surface area contributed by atoms with Crippen LogP contribution in [0.3, 0.4) is 0 Å². The third-order valence-corrected chi connectivity index (χ3v) is 4.27. The molecule has 1 heterocycles. The number of aliphatic carboxylic acids is 1. The number of amides is 1. The Morgan fingerprint density at radius 1 is 1.29 bits per heavy atom. The van der Waals surface area contributed by atoms with Crippen molar-refractivity contribution < 1.29 is 14.7 Å². The molecule has 2 rings (SSSR count). The van der Waals surface area contributed by atoms with E-state index in [4.69, 9.17) is 11.6 Å². The van der Waals surface area contributed by atoms with Crippen LogP contribution in [-0.4, -0.2) is 28.0 Å². The van der Waals surface area contributed by atoms with Gasteiger partial charge < -0.3 is 10.4 Å². The quantitative estimate of drug-likeness (QED) is 0.837. The van der Waals surface area contributed by atoms with Crippen molar-refractivity contribution in [2.24, 2.45) is 5.92 Å². The molecule has 5 nitrogen and oxygen atoms in total. The SMILES string of the molecule is CC[C@H](C)[C@H](NC(=O)c1cc(-c2ccccn2)ccc1Cl)C(=O)O. The normalized spacial score (nSPS) is 13.1. The van der Waals surface area contributed by atoms with E-state index < -0.39 is 17.9 Å². The lowest BCUT2D eigenvalue weighted by Crippen LogP contribution is -2.45. The van der Waals surface area contributed by atoms with Gasteiger partial charge in [-0.2, -0.15) is 0 Å². The van der Waals surface area contributed by atoms with Crippen molar-refractivity contribution in [2.45, 2.75) is 26.3 Å². The van der Waals surface area contributed by atoms with Gasteiger partial charge >= 0.3 is 5.97 Å². The van der Waals surface area contributed by atoms with Crippen LogP contribution >= 0.6 is 11.6 Å². The molecule has 0 aliphatic rings. The zero-order chi connectivity index (χ0) is 17.7. The molecule has 0 fully saturated rings. The lowest BCUT2D eigenvalue weighted by atomic mass is 9.98. The lowest BCUT2D eigenvalue weighted by molar-refractivity contribution is -0.140. The lowest BCUT2D eigenvalue weighted by Gasteiger charge is -2.20. The Morgan fingerprint density at radius 2 is 2.04 bits per heavy atom. The smallest absolute Gasteiger partial charge is 0.326 e. The molecule has 0 aliphatic carbocycles. The van der Waals surface area contributed by atoms with E-state index in [0.717, 1.165) is 5.56 Å². The van der Waals surface area contributed by atoms with Crippen LogP contribution < -0.4 is 5.32 Å². The number of pyridine rings is 1. The number of benzene rings is 1. The fourth-order valence-corrected chi connectivity index (χ4v) is 2.50. The number of carbonyl (C=O) groups excluding carboxylic acids is 1. The van der Waals surface area contributed by atoms with Gasteiger partial charge in [-0.05, 0) is 30.2 Å². The van der Waals surface area contributed by atoms with Crippen molar-refractivity contribution in [3.63, 3.8) is 0 Å². The highest BCUT2D eigenvalue weighted by Crippen LogP contribution is 2.24. The molecule has 0 unspecified atom stereocenters. The zero-order valence-corrected chi connectivity index (χ0v) is 14.2. The summed E-state index contributed by atoms with van der Waals surface area (Å²) in [5.41, 5.74) is 1.68. The van der Waals surface area contributed by atoms with Gasteiger partial charge in [0.1, 0.15) is 6.04 Å².